The summed E-state index contributed by atoms with van der Waals surface area (Å²) in [5.41, 5.74) is 6.18. The van der Waals surface area contributed by atoms with Gasteiger partial charge in [0.05, 0.1) is 0 Å². The van der Waals surface area contributed by atoms with Gasteiger partial charge in [-0.15, -0.1) is 11.3 Å². The summed E-state index contributed by atoms with van der Waals surface area (Å²) in [6.45, 7) is 2.42. The molecule has 18 heavy (non-hydrogen) atoms. The largest absolute Gasteiger partial charge is 0.330 e. The molecule has 0 fully saturated rings. The summed E-state index contributed by atoms with van der Waals surface area (Å²) >= 11 is 5.11. The third-order valence-corrected chi connectivity index (χ3v) is 4.70. The van der Waals surface area contributed by atoms with Crippen molar-refractivity contribution in [1.82, 2.24) is 0 Å². The molecule has 0 saturated heterocycles. The average molecular weight is 328 g/mol. The molecule has 0 amide bonds. The Morgan fingerprint density at radius 3 is 2.67 bits per heavy atom. The highest BCUT2D eigenvalue weighted by molar-refractivity contribution is 9.10. The second kappa shape index (κ2) is 5.51. The van der Waals surface area contributed by atoms with Crippen molar-refractivity contribution in [3.05, 3.63) is 56.4 Å². The Kier molecular flexibility index (Phi) is 4.20. The Morgan fingerprint density at radius 1 is 1.33 bits per heavy atom. The number of hydrogen-bond acceptors (Lipinski definition) is 2. The molecule has 4 heteroatoms. The molecule has 2 aromatic rings. The maximum absolute atomic E-state index is 14.1. The van der Waals surface area contributed by atoms with Crippen molar-refractivity contribution in [2.24, 2.45) is 5.73 Å². The van der Waals surface area contributed by atoms with Gasteiger partial charge in [-0.1, -0.05) is 35.0 Å². The minimum atomic E-state index is -0.394. The molecular formula is C14H15BrFNS. The summed E-state index contributed by atoms with van der Waals surface area (Å²) in [7, 11) is 0. The van der Waals surface area contributed by atoms with Gasteiger partial charge in [0.15, 0.2) is 0 Å². The van der Waals surface area contributed by atoms with Crippen LogP contribution in [0, 0.1) is 5.82 Å². The minimum Gasteiger partial charge on any atom is -0.330 e. The second-order valence-electron chi connectivity index (χ2n) is 4.62. The van der Waals surface area contributed by atoms with Crippen molar-refractivity contribution in [2.45, 2.75) is 18.8 Å². The van der Waals surface area contributed by atoms with Crippen LogP contribution in [0.2, 0.25) is 0 Å². The first-order valence-corrected chi connectivity index (χ1v) is 7.41. The van der Waals surface area contributed by atoms with Gasteiger partial charge in [0.25, 0.3) is 0 Å². The van der Waals surface area contributed by atoms with Crippen molar-refractivity contribution in [2.75, 3.05) is 6.54 Å². The molecule has 1 aromatic carbocycles. The van der Waals surface area contributed by atoms with E-state index in [2.05, 4.69) is 22.0 Å². The Hall–Kier alpha value is -0.710. The summed E-state index contributed by atoms with van der Waals surface area (Å²) in [5.74, 6) is -0.200. The Labute approximate surface area is 119 Å². The highest BCUT2D eigenvalue weighted by Gasteiger charge is 2.30. The molecule has 0 aliphatic heterocycles. The van der Waals surface area contributed by atoms with Gasteiger partial charge in [0.2, 0.25) is 0 Å². The van der Waals surface area contributed by atoms with Gasteiger partial charge >= 0.3 is 0 Å². The average Bonchev–Trinajstić information content (AvgIpc) is 2.81. The zero-order chi connectivity index (χ0) is 13.2. The smallest absolute Gasteiger partial charge is 0.128 e. The highest BCUT2D eigenvalue weighted by atomic mass is 79.9. The molecule has 1 aromatic heterocycles. The van der Waals surface area contributed by atoms with Crippen LogP contribution in [-0.2, 0) is 11.8 Å². The molecule has 96 valence electrons. The highest BCUT2D eigenvalue weighted by Crippen LogP contribution is 2.35. The molecule has 1 unspecified atom stereocenters. The van der Waals surface area contributed by atoms with Gasteiger partial charge in [0, 0.05) is 26.9 Å². The SMILES string of the molecule is CC(CN)(Cc1cccs1)c1c(F)cccc1Br. The van der Waals surface area contributed by atoms with E-state index in [0.717, 1.165) is 10.9 Å². The van der Waals surface area contributed by atoms with Gasteiger partial charge in [-0.2, -0.15) is 0 Å². The summed E-state index contributed by atoms with van der Waals surface area (Å²) in [4.78, 5) is 1.22. The van der Waals surface area contributed by atoms with Crippen LogP contribution in [0.5, 0.6) is 0 Å². The molecule has 0 spiro atoms. The maximum atomic E-state index is 14.1. The lowest BCUT2D eigenvalue weighted by atomic mass is 9.79. The molecule has 0 bridgehead atoms. The van der Waals surface area contributed by atoms with E-state index in [1.807, 2.05) is 24.4 Å². The van der Waals surface area contributed by atoms with Crippen molar-refractivity contribution in [3.8, 4) is 0 Å². The van der Waals surface area contributed by atoms with Crippen LogP contribution < -0.4 is 5.73 Å². The number of benzene rings is 1. The lowest BCUT2D eigenvalue weighted by Gasteiger charge is -2.29. The lowest BCUT2D eigenvalue weighted by molar-refractivity contribution is 0.450. The van der Waals surface area contributed by atoms with E-state index in [0.29, 0.717) is 12.1 Å². The number of thiophene rings is 1. The molecule has 2 rings (SSSR count). The maximum Gasteiger partial charge on any atom is 0.128 e. The zero-order valence-electron chi connectivity index (χ0n) is 10.1. The molecular weight excluding hydrogens is 313 g/mol. The second-order valence-corrected chi connectivity index (χ2v) is 6.50. The summed E-state index contributed by atoms with van der Waals surface area (Å²) in [6.07, 6.45) is 0.751. The predicted octanol–water partition coefficient (Wildman–Crippen LogP) is 4.11. The lowest BCUT2D eigenvalue weighted by Crippen LogP contribution is -2.35. The fourth-order valence-electron chi connectivity index (χ4n) is 2.13. The van der Waals surface area contributed by atoms with Crippen molar-refractivity contribution >= 4 is 27.3 Å². The van der Waals surface area contributed by atoms with Crippen LogP contribution in [0.25, 0.3) is 0 Å². The van der Waals surface area contributed by atoms with Gasteiger partial charge in [0.1, 0.15) is 5.82 Å². The first-order chi connectivity index (χ1) is 8.57. The van der Waals surface area contributed by atoms with Crippen LogP contribution in [0.3, 0.4) is 0 Å². The summed E-state index contributed by atoms with van der Waals surface area (Å²) in [5, 5.41) is 2.03. The molecule has 0 saturated carbocycles. The zero-order valence-corrected chi connectivity index (χ0v) is 12.5. The van der Waals surface area contributed by atoms with E-state index in [1.165, 1.54) is 10.9 Å². The van der Waals surface area contributed by atoms with Gasteiger partial charge in [-0.05, 0) is 30.0 Å². The third-order valence-electron chi connectivity index (χ3n) is 3.16. The summed E-state index contributed by atoms with van der Waals surface area (Å²) < 4.78 is 14.9. The topological polar surface area (TPSA) is 26.0 Å². The fourth-order valence-corrected chi connectivity index (χ4v) is 3.85. The van der Waals surface area contributed by atoms with E-state index in [-0.39, 0.29) is 5.82 Å². The van der Waals surface area contributed by atoms with Gasteiger partial charge < -0.3 is 5.73 Å². The Bertz CT molecular complexity index is 506. The van der Waals surface area contributed by atoms with E-state index in [1.54, 1.807) is 17.4 Å². The third kappa shape index (κ3) is 2.66. The first-order valence-electron chi connectivity index (χ1n) is 5.74. The van der Waals surface area contributed by atoms with E-state index in [9.17, 15) is 4.39 Å². The van der Waals surface area contributed by atoms with Crippen molar-refractivity contribution in [1.29, 1.82) is 0 Å². The van der Waals surface area contributed by atoms with E-state index in [4.69, 9.17) is 5.73 Å². The molecule has 1 heterocycles. The van der Waals surface area contributed by atoms with Crippen LogP contribution >= 0.6 is 27.3 Å². The molecule has 0 aliphatic rings. The van der Waals surface area contributed by atoms with Gasteiger partial charge in [-0.25, -0.2) is 4.39 Å². The van der Waals surface area contributed by atoms with Crippen LogP contribution in [0.1, 0.15) is 17.4 Å². The van der Waals surface area contributed by atoms with Crippen LogP contribution in [0.15, 0.2) is 40.2 Å². The molecule has 1 atom stereocenters. The van der Waals surface area contributed by atoms with Crippen LogP contribution in [0.4, 0.5) is 4.39 Å². The predicted molar refractivity (Wildman–Crippen MR) is 78.5 cm³/mol. The van der Waals surface area contributed by atoms with E-state index < -0.39 is 5.41 Å². The Balaban J connectivity index is 2.43. The number of rotatable bonds is 4. The van der Waals surface area contributed by atoms with E-state index >= 15 is 0 Å². The normalized spacial score (nSPS) is 14.4. The summed E-state index contributed by atoms with van der Waals surface area (Å²) in [6, 6.07) is 9.12. The quantitative estimate of drug-likeness (QED) is 0.898. The van der Waals surface area contributed by atoms with Gasteiger partial charge in [-0.3, -0.25) is 0 Å². The first kappa shape index (κ1) is 13.7. The molecule has 1 nitrogen and oxygen atoms in total. The Morgan fingerprint density at radius 2 is 2.11 bits per heavy atom. The van der Waals surface area contributed by atoms with Crippen LogP contribution in [-0.4, -0.2) is 6.54 Å². The standard InChI is InChI=1S/C14H15BrFNS/c1-14(9-17,8-10-4-3-7-18-10)13-11(15)5-2-6-12(13)16/h2-7H,8-9,17H2,1H3. The molecule has 0 aliphatic carbocycles. The minimum absolute atomic E-state index is 0.200. The number of nitrogens with two attached hydrogens (primary N) is 1. The van der Waals surface area contributed by atoms with Crippen molar-refractivity contribution in [3.63, 3.8) is 0 Å². The molecule has 0 radical (unpaired) electrons. The van der Waals surface area contributed by atoms with Crippen molar-refractivity contribution < 1.29 is 4.39 Å². The molecule has 2 N–H and O–H groups in total. The number of hydrogen-bond donors (Lipinski definition) is 1. The monoisotopic (exact) mass is 327 g/mol. The fraction of sp³-hybridized carbons (Fsp3) is 0.286. The number of halogens is 2.